The lowest BCUT2D eigenvalue weighted by Gasteiger charge is -2.31. The van der Waals surface area contributed by atoms with Gasteiger partial charge in [-0.2, -0.15) is 0 Å². The lowest BCUT2D eigenvalue weighted by Crippen LogP contribution is -2.34. The smallest absolute Gasteiger partial charge is 0.163 e. The van der Waals surface area contributed by atoms with Crippen molar-refractivity contribution in [3.8, 4) is 23.8 Å². The van der Waals surface area contributed by atoms with Gasteiger partial charge in [-0.1, -0.05) is 12.0 Å². The molecular formula is C23H30ClN3O7. The van der Waals surface area contributed by atoms with Gasteiger partial charge in [0.25, 0.3) is 0 Å². The first-order valence-corrected chi connectivity index (χ1v) is 9.65. The third-order valence-corrected chi connectivity index (χ3v) is 4.86. The van der Waals surface area contributed by atoms with Crippen molar-refractivity contribution in [2.45, 2.75) is 6.54 Å². The van der Waals surface area contributed by atoms with Crippen LogP contribution in [0.15, 0.2) is 40.3 Å². The summed E-state index contributed by atoms with van der Waals surface area (Å²) in [5.74, 6) is 4.77. The van der Waals surface area contributed by atoms with Gasteiger partial charge in [0.2, 0.25) is 0 Å². The molecule has 10 nitrogen and oxygen atoms in total. The molecule has 0 aromatic heterocycles. The van der Waals surface area contributed by atoms with Crippen LogP contribution in [-0.4, -0.2) is 74.1 Å². The van der Waals surface area contributed by atoms with Gasteiger partial charge in [-0.25, -0.2) is 9.98 Å². The highest BCUT2D eigenvalue weighted by Crippen LogP contribution is 2.40. The number of nitrogens with zero attached hydrogens (tertiary/aromatic N) is 3. The molecule has 0 amide bonds. The summed E-state index contributed by atoms with van der Waals surface area (Å²) in [5.41, 5.74) is 4.39. The number of ether oxygens (including phenoxy) is 4. The van der Waals surface area contributed by atoms with Crippen molar-refractivity contribution in [3.05, 3.63) is 47.0 Å². The second kappa shape index (κ2) is 14.2. The van der Waals surface area contributed by atoms with Crippen LogP contribution >= 0.6 is 12.4 Å². The van der Waals surface area contributed by atoms with E-state index in [9.17, 15) is 0 Å². The van der Waals surface area contributed by atoms with E-state index in [-0.39, 0.29) is 28.8 Å². The molecule has 0 radical (unpaired) electrons. The monoisotopic (exact) mass is 495 g/mol. The van der Waals surface area contributed by atoms with Crippen LogP contribution in [-0.2, 0) is 16.0 Å². The molecule has 0 atom stereocenters. The third kappa shape index (κ3) is 6.24. The third-order valence-electron chi connectivity index (χ3n) is 4.86. The number of aliphatic imine (C=N–C) groups is 2. The molecule has 186 valence electrons. The Balaban J connectivity index is 0.00000272. The minimum atomic E-state index is 0. The molecule has 0 unspecified atom stereocenters. The fourth-order valence-corrected chi connectivity index (χ4v) is 3.38. The number of hydrogen-bond donors (Lipinski definition) is 0. The summed E-state index contributed by atoms with van der Waals surface area (Å²) < 4.78 is 22.0. The number of rotatable bonds is 8. The average Bonchev–Trinajstić information content (AvgIpc) is 2.77. The van der Waals surface area contributed by atoms with Crippen molar-refractivity contribution in [2.24, 2.45) is 9.98 Å². The van der Waals surface area contributed by atoms with E-state index in [0.717, 1.165) is 33.9 Å². The van der Waals surface area contributed by atoms with Gasteiger partial charge in [0.15, 0.2) is 11.5 Å². The molecule has 6 N–H and O–H groups in total. The predicted molar refractivity (Wildman–Crippen MR) is 134 cm³/mol. The normalized spacial score (nSPS) is 12.0. The van der Waals surface area contributed by atoms with Crippen LogP contribution < -0.4 is 9.47 Å². The van der Waals surface area contributed by atoms with E-state index >= 15 is 0 Å². The topological polar surface area (TPSA) is 159 Å². The van der Waals surface area contributed by atoms with Gasteiger partial charge in [-0.05, 0) is 18.2 Å². The van der Waals surface area contributed by atoms with Gasteiger partial charge in [0, 0.05) is 37.0 Å². The Morgan fingerprint density at radius 2 is 1.59 bits per heavy atom. The number of methoxy groups -OCH3 is 2. The van der Waals surface area contributed by atoms with Crippen LogP contribution in [0.25, 0.3) is 0 Å². The molecule has 11 heteroatoms. The zero-order chi connectivity index (χ0) is 20.9. The highest BCUT2D eigenvalue weighted by molar-refractivity contribution is 6.12. The second-order valence-corrected chi connectivity index (χ2v) is 6.75. The molecular weight excluding hydrogens is 466 g/mol. The lowest BCUT2D eigenvalue weighted by molar-refractivity contribution is 0.132. The second-order valence-electron chi connectivity index (χ2n) is 6.75. The Bertz CT molecular complexity index is 1050. The molecule has 2 heterocycles. The van der Waals surface area contributed by atoms with Gasteiger partial charge < -0.3 is 40.3 Å². The van der Waals surface area contributed by atoms with Crippen LogP contribution in [0, 0.1) is 12.3 Å². The van der Waals surface area contributed by atoms with Crippen molar-refractivity contribution in [2.75, 3.05) is 40.6 Å². The predicted octanol–water partition coefficient (Wildman–Crippen LogP) is 1.23. The Hall–Kier alpha value is -3.17. The standard InChI is InChI=1S/C23H23N3O4.ClH.3H2O/c1-4-16-6-5-7-19-18(16)14-26-15-24-20-13-22(30-11-9-28-3)21(29-10-8-27-2)12-17(20)23(26)25-19;;;;/h1,5-7,12-13,15H,8-11,14H2,2-3H3;1H;3*1H2. The van der Waals surface area contributed by atoms with Crippen LogP contribution in [0.5, 0.6) is 11.5 Å². The number of halogens is 1. The van der Waals surface area contributed by atoms with Crippen molar-refractivity contribution < 1.29 is 35.4 Å². The number of amidine groups is 1. The summed E-state index contributed by atoms with van der Waals surface area (Å²) in [4.78, 5) is 11.5. The molecule has 2 aliphatic heterocycles. The van der Waals surface area contributed by atoms with E-state index in [1.807, 2.05) is 35.2 Å². The van der Waals surface area contributed by atoms with Gasteiger partial charge in [-0.3, -0.25) is 0 Å². The van der Waals surface area contributed by atoms with Gasteiger partial charge in [-0.15, -0.1) is 18.8 Å². The highest BCUT2D eigenvalue weighted by Gasteiger charge is 2.28. The zero-order valence-electron chi connectivity index (χ0n) is 19.0. The largest absolute Gasteiger partial charge is 0.487 e. The molecule has 2 aromatic rings. The molecule has 0 fully saturated rings. The summed E-state index contributed by atoms with van der Waals surface area (Å²) in [6.07, 6.45) is 7.44. The number of terminal acetylenes is 1. The van der Waals surface area contributed by atoms with E-state index in [2.05, 4.69) is 10.9 Å². The van der Waals surface area contributed by atoms with Crippen molar-refractivity contribution in [1.82, 2.24) is 4.90 Å². The summed E-state index contributed by atoms with van der Waals surface area (Å²) in [5, 5.41) is 0. The maximum Gasteiger partial charge on any atom is 0.163 e. The first-order valence-electron chi connectivity index (χ1n) is 9.65. The van der Waals surface area contributed by atoms with Crippen molar-refractivity contribution >= 4 is 36.0 Å². The molecule has 34 heavy (non-hydrogen) atoms. The van der Waals surface area contributed by atoms with Crippen LogP contribution in [0.4, 0.5) is 11.4 Å². The minimum Gasteiger partial charge on any atom is -0.487 e. The van der Waals surface area contributed by atoms with Gasteiger partial charge in [0.05, 0.1) is 37.5 Å². The molecule has 4 rings (SSSR count). The van der Waals surface area contributed by atoms with Crippen LogP contribution in [0.1, 0.15) is 16.7 Å². The maximum atomic E-state index is 5.92. The first kappa shape index (κ1) is 30.8. The van der Waals surface area contributed by atoms with Crippen LogP contribution in [0.2, 0.25) is 0 Å². The summed E-state index contributed by atoms with van der Waals surface area (Å²) >= 11 is 0. The van der Waals surface area contributed by atoms with Crippen LogP contribution in [0.3, 0.4) is 0 Å². The number of hydrogen-bond acceptors (Lipinski definition) is 7. The Morgan fingerprint density at radius 1 is 0.941 bits per heavy atom. The first-order chi connectivity index (χ1) is 14.7. The molecule has 0 spiro atoms. The van der Waals surface area contributed by atoms with E-state index in [1.54, 1.807) is 20.6 Å². The average molecular weight is 496 g/mol. The molecule has 2 aromatic carbocycles. The molecule has 0 saturated carbocycles. The Labute approximate surface area is 204 Å². The van der Waals surface area contributed by atoms with Crippen molar-refractivity contribution in [3.63, 3.8) is 0 Å². The lowest BCUT2D eigenvalue weighted by atomic mass is 10.0. The maximum absolute atomic E-state index is 5.92. The Kier molecular flexibility index (Phi) is 12.8. The molecule has 0 saturated heterocycles. The number of benzene rings is 2. The SMILES string of the molecule is C#Cc1cccc2c1CN1C=Nc3cc(OCCOC)c(OCCOC)cc3C1=N2.Cl.O.O.O. The van der Waals surface area contributed by atoms with E-state index in [0.29, 0.717) is 44.5 Å². The van der Waals surface area contributed by atoms with Crippen molar-refractivity contribution in [1.29, 1.82) is 0 Å². The quantitative estimate of drug-likeness (QED) is 0.397. The minimum absolute atomic E-state index is 0. The van der Waals surface area contributed by atoms with E-state index in [1.165, 1.54) is 0 Å². The summed E-state index contributed by atoms with van der Waals surface area (Å²) in [6.45, 7) is 2.39. The molecule has 0 aliphatic carbocycles. The Morgan fingerprint density at radius 3 is 2.21 bits per heavy atom. The van der Waals surface area contributed by atoms with Gasteiger partial charge >= 0.3 is 0 Å². The summed E-state index contributed by atoms with van der Waals surface area (Å²) in [6, 6.07) is 9.63. The molecule has 0 bridgehead atoms. The fraction of sp³-hybridized carbons (Fsp3) is 0.304. The van der Waals surface area contributed by atoms with Gasteiger partial charge in [0.1, 0.15) is 19.0 Å². The zero-order valence-corrected chi connectivity index (χ0v) is 19.8. The summed E-state index contributed by atoms with van der Waals surface area (Å²) in [7, 11) is 3.27. The molecule has 2 aliphatic rings. The fourth-order valence-electron chi connectivity index (χ4n) is 3.38. The number of fused-ring (bicyclic) bond motifs is 4. The highest BCUT2D eigenvalue weighted by atomic mass is 35.5. The van der Waals surface area contributed by atoms with E-state index < -0.39 is 0 Å². The van der Waals surface area contributed by atoms with E-state index in [4.69, 9.17) is 30.4 Å².